The summed E-state index contributed by atoms with van der Waals surface area (Å²) in [6, 6.07) is 156. The van der Waals surface area contributed by atoms with E-state index in [0.29, 0.717) is 35.2 Å². The minimum Gasteiger partial charge on any atom is -0.456 e. The molecule has 0 saturated carbocycles. The second-order valence-electron chi connectivity index (χ2n) is 34.7. The van der Waals surface area contributed by atoms with E-state index in [4.69, 9.17) is 38.7 Å². The topological polar surface area (TPSA) is 123 Å². The van der Waals surface area contributed by atoms with Crippen LogP contribution in [0.3, 0.4) is 0 Å². The van der Waals surface area contributed by atoms with Crippen LogP contribution in [-0.4, -0.2) is 48.2 Å². The Morgan fingerprint density at radius 2 is 0.515 bits per heavy atom. The smallest absolute Gasteiger partial charge is 0.238 e. The molecule has 0 N–H and O–H groups in total. The van der Waals surface area contributed by atoms with E-state index in [1.54, 1.807) is 0 Å². The molecule has 20 aromatic carbocycles. The van der Waals surface area contributed by atoms with Gasteiger partial charge in [-0.1, -0.05) is 309 Å². The Morgan fingerprint density at radius 1 is 0.164 bits per heavy atom. The maximum absolute atomic E-state index is 6.84. The van der Waals surface area contributed by atoms with Gasteiger partial charge >= 0.3 is 0 Å². The average molecular weight is 1710 g/mol. The molecule has 0 radical (unpaired) electrons. The molecule has 0 saturated heterocycles. The van der Waals surface area contributed by atoms with Crippen molar-refractivity contribution in [1.29, 1.82) is 0 Å². The van der Waals surface area contributed by atoms with Crippen LogP contribution in [0.4, 0.5) is 0 Å². The van der Waals surface area contributed by atoms with Crippen molar-refractivity contribution in [3.63, 3.8) is 0 Å². The van der Waals surface area contributed by atoms with Crippen molar-refractivity contribution in [2.75, 3.05) is 0 Å². The Hall–Kier alpha value is -18.3. The first kappa shape index (κ1) is 74.8. The highest BCUT2D eigenvalue weighted by Crippen LogP contribution is 2.49. The molecule has 0 unspecified atom stereocenters. The maximum atomic E-state index is 6.84. The second kappa shape index (κ2) is 29.7. The highest BCUT2D eigenvalue weighted by molar-refractivity contribution is 6.25. The molecule has 28 rings (SSSR count). The number of fused-ring (bicyclic) bond motifs is 22. The van der Waals surface area contributed by atoms with E-state index in [1.165, 1.54) is 27.1 Å². The predicted octanol–water partition coefficient (Wildman–Crippen LogP) is 31.6. The molecule has 0 aliphatic carbocycles. The third-order valence-corrected chi connectivity index (χ3v) is 27.3. The molecule has 0 amide bonds. The number of aromatic nitrogens is 10. The summed E-state index contributed by atoms with van der Waals surface area (Å²) >= 11 is 0. The number of nitrogens with zero attached hydrogens (tertiary/aromatic N) is 10. The molecule has 134 heavy (non-hydrogen) atoms. The number of hydrogen-bond acceptors (Lipinski definition) is 8. The molecule has 0 aliphatic heterocycles. The summed E-state index contributed by atoms with van der Waals surface area (Å²) < 4.78 is 23.0. The minimum atomic E-state index is 0.510. The Morgan fingerprint density at radius 3 is 1.06 bits per heavy atom. The van der Waals surface area contributed by atoms with E-state index in [1.807, 2.05) is 97.1 Å². The first-order chi connectivity index (χ1) is 66.4. The summed E-state index contributed by atoms with van der Waals surface area (Å²) in [6.07, 6.45) is 0. The van der Waals surface area contributed by atoms with Gasteiger partial charge in [0.2, 0.25) is 11.9 Å². The summed E-state index contributed by atoms with van der Waals surface area (Å²) in [6.45, 7) is 0. The van der Waals surface area contributed by atoms with E-state index < -0.39 is 0 Å². The average Bonchev–Trinajstić information content (AvgIpc) is 1.58. The minimum absolute atomic E-state index is 0.510. The van der Waals surface area contributed by atoms with Crippen molar-refractivity contribution >= 4 is 153 Å². The third kappa shape index (κ3) is 11.8. The van der Waals surface area contributed by atoms with Crippen LogP contribution in [0.1, 0.15) is 0 Å². The summed E-state index contributed by atoms with van der Waals surface area (Å²) in [5, 5.41) is 17.9. The fraction of sp³-hybridized carbons (Fsp3) is 0. The number of para-hydroxylation sites is 3. The molecule has 0 spiro atoms. The Labute approximate surface area is 765 Å². The first-order valence-corrected chi connectivity index (χ1v) is 45.3. The van der Waals surface area contributed by atoms with Crippen molar-refractivity contribution in [1.82, 2.24) is 48.2 Å². The lowest BCUT2D eigenvalue weighted by Gasteiger charge is -2.13. The van der Waals surface area contributed by atoms with Crippen LogP contribution in [-0.2, 0) is 0 Å². The van der Waals surface area contributed by atoms with E-state index in [9.17, 15) is 0 Å². The van der Waals surface area contributed by atoms with Crippen molar-refractivity contribution < 1.29 is 8.83 Å². The van der Waals surface area contributed by atoms with Gasteiger partial charge in [-0.2, -0.15) is 19.9 Å². The Bertz CT molecular complexity index is 9640. The van der Waals surface area contributed by atoms with Crippen LogP contribution in [0.15, 0.2) is 446 Å². The molecule has 28 aromatic rings. The number of hydrogen-bond donors (Lipinski definition) is 0. The lowest BCUT2D eigenvalue weighted by Crippen LogP contribution is -2.06. The lowest BCUT2D eigenvalue weighted by molar-refractivity contribution is 0.668. The predicted molar refractivity (Wildman–Crippen MR) is 549 cm³/mol. The maximum Gasteiger partial charge on any atom is 0.238 e. The summed E-state index contributed by atoms with van der Waals surface area (Å²) in [7, 11) is 0. The first-order valence-electron chi connectivity index (χ1n) is 45.3. The van der Waals surface area contributed by atoms with Gasteiger partial charge in [-0.3, -0.25) is 9.13 Å². The summed E-state index contributed by atoms with van der Waals surface area (Å²) in [4.78, 5) is 31.6. The lowest BCUT2D eigenvalue weighted by atomic mass is 9.94. The van der Waals surface area contributed by atoms with E-state index >= 15 is 0 Å². The highest BCUT2D eigenvalue weighted by Gasteiger charge is 2.27. The van der Waals surface area contributed by atoms with Crippen LogP contribution in [0.5, 0.6) is 0 Å². The molecule has 0 aliphatic rings. The van der Waals surface area contributed by atoms with Gasteiger partial charge in [-0.05, 0) is 199 Å². The van der Waals surface area contributed by atoms with Crippen molar-refractivity contribution in [3.05, 3.63) is 437 Å². The number of furan rings is 2. The molecule has 622 valence electrons. The van der Waals surface area contributed by atoms with Gasteiger partial charge in [0.05, 0.1) is 44.1 Å². The molecule has 0 fully saturated rings. The zero-order chi connectivity index (χ0) is 87.7. The summed E-state index contributed by atoms with van der Waals surface area (Å²) in [5.74, 6) is 3.42. The van der Waals surface area contributed by atoms with Gasteiger partial charge in [-0.15, -0.1) is 0 Å². The van der Waals surface area contributed by atoms with E-state index in [-0.39, 0.29) is 0 Å². The van der Waals surface area contributed by atoms with Crippen LogP contribution in [0, 0.1) is 0 Å². The van der Waals surface area contributed by atoms with Crippen LogP contribution in [0.25, 0.3) is 277 Å². The zero-order valence-corrected chi connectivity index (χ0v) is 71.9. The van der Waals surface area contributed by atoms with E-state index in [2.05, 4.69) is 358 Å². The van der Waals surface area contributed by atoms with Gasteiger partial charge < -0.3 is 18.0 Å². The number of rotatable bonds is 13. The molecule has 8 aromatic heterocycles. The van der Waals surface area contributed by atoms with Crippen molar-refractivity contribution in [3.8, 4) is 124 Å². The van der Waals surface area contributed by atoms with Crippen LogP contribution >= 0.6 is 0 Å². The molecule has 12 heteroatoms. The third-order valence-electron chi connectivity index (χ3n) is 27.3. The van der Waals surface area contributed by atoms with Crippen molar-refractivity contribution in [2.45, 2.75) is 0 Å². The monoisotopic (exact) mass is 1710 g/mol. The quantitative estimate of drug-likeness (QED) is 0.112. The zero-order valence-electron chi connectivity index (χ0n) is 71.9. The van der Waals surface area contributed by atoms with Crippen LogP contribution in [0.2, 0.25) is 0 Å². The second-order valence-corrected chi connectivity index (χ2v) is 34.7. The molecule has 0 atom stereocenters. The Kier molecular flexibility index (Phi) is 16.5. The van der Waals surface area contributed by atoms with Gasteiger partial charge in [-0.25, -0.2) is 9.97 Å². The van der Waals surface area contributed by atoms with Gasteiger partial charge in [0.15, 0.2) is 23.3 Å². The van der Waals surface area contributed by atoms with Crippen LogP contribution < -0.4 is 0 Å². The van der Waals surface area contributed by atoms with Crippen molar-refractivity contribution in [2.24, 2.45) is 0 Å². The fourth-order valence-corrected chi connectivity index (χ4v) is 21.2. The normalized spacial score (nSPS) is 12.0. The molecule has 0 bridgehead atoms. The Balaban J connectivity index is 0.578. The molecular weight excluding hydrogens is 1640 g/mol. The molecule has 12 nitrogen and oxygen atoms in total. The van der Waals surface area contributed by atoms with Gasteiger partial charge in [0.25, 0.3) is 0 Å². The largest absolute Gasteiger partial charge is 0.456 e. The fourth-order valence-electron chi connectivity index (χ4n) is 21.2. The standard InChI is InChI=1S/C122H72N10O2/c1-7-27-74(28-8-1)117-123-118(75-29-9-2-10-30-75)126-121(125-117)131-102-45-22-21-40-92(102)96-66-78(50-59-104(96)131)80-54-64-109-100(68-80)114-89(42-24-46-111(114)133-109)82-52-61-103-98(70-82)95-58-57-91-87(41-23-44-94(91)116(95)130(103)86-37-17-6-18-38-86)84-48-56-93-97-67-79(51-60-105(97)132(108(93)72-84)122-127-119(76-31-11-3-12-32-76)124-120(128-122)77-33-13-4-14-34-77)81-55-65-110-101(69-81)115-90(43-25-47-112(115)134-110)83-53-62-106-99(71-83)113-88-39-20-19-26-73(88)49-63-107(113)129(106)85-35-15-5-16-36-85/h1-72H. The molecular formula is C122H72N10O2. The van der Waals surface area contributed by atoms with E-state index in [0.717, 1.165) is 215 Å². The number of benzene rings is 20. The van der Waals surface area contributed by atoms with Gasteiger partial charge in [0.1, 0.15) is 22.3 Å². The molecule has 8 heterocycles. The SMILES string of the molecule is c1ccc(-c2nc(-c3ccccc3)nc(-n3c4ccccc4c4cc(-c5ccc6oc7cccc(-c8ccc9c(c8)c8ccc%10c(-c%11ccc%12c%13cc(-c%14ccc%15oc%16cccc(-c%17ccc%18c(c%17)c%17c%19ccccc%19ccc%17n%18-c%17ccccc%17)c%16c%15c%14)ccc%13n(-c%13nc(-c%14ccccc%14)nc(-c%14ccccc%14)n%13)c%12c%11)cccc%10c8n9-c8ccccc8)c7c6c5)ccc43)n2)cc1. The highest BCUT2D eigenvalue weighted by atomic mass is 16.3. The summed E-state index contributed by atoms with van der Waals surface area (Å²) in [5.41, 5.74) is 28.3. The van der Waals surface area contributed by atoms with Gasteiger partial charge in [0, 0.05) is 104 Å².